The lowest BCUT2D eigenvalue weighted by Crippen LogP contribution is -2.25. The second-order valence-corrected chi connectivity index (χ2v) is 7.88. The highest BCUT2D eigenvalue weighted by Crippen LogP contribution is 2.34. The third-order valence-corrected chi connectivity index (χ3v) is 6.06. The van der Waals surface area contributed by atoms with Crippen LogP contribution in [0.1, 0.15) is 68.6 Å². The van der Waals surface area contributed by atoms with Crippen molar-refractivity contribution in [3.05, 3.63) is 48.5 Å². The first-order valence-corrected chi connectivity index (χ1v) is 10.4. The van der Waals surface area contributed by atoms with E-state index in [4.69, 9.17) is 4.52 Å². The minimum atomic E-state index is 0.166. The molecule has 146 valence electrons. The van der Waals surface area contributed by atoms with Crippen LogP contribution in [0.5, 0.6) is 0 Å². The highest BCUT2D eigenvalue weighted by atomic mass is 16.5. The van der Waals surface area contributed by atoms with E-state index in [0.717, 1.165) is 31.6 Å². The van der Waals surface area contributed by atoms with Crippen LogP contribution in [0, 0.1) is 0 Å². The van der Waals surface area contributed by atoms with E-state index in [1.807, 2.05) is 30.7 Å². The van der Waals surface area contributed by atoms with Gasteiger partial charge in [-0.2, -0.15) is 4.98 Å². The van der Waals surface area contributed by atoms with Crippen LogP contribution in [0.3, 0.4) is 0 Å². The van der Waals surface area contributed by atoms with Crippen LogP contribution in [-0.4, -0.2) is 36.1 Å². The predicted octanol–water partition coefficient (Wildman–Crippen LogP) is 4.17. The monoisotopic (exact) mass is 378 g/mol. The maximum atomic E-state index is 5.63. The molecule has 0 unspecified atom stereocenters. The first kappa shape index (κ1) is 17.6. The minimum Gasteiger partial charge on any atom is -0.337 e. The topological polar surface area (TPSA) is 72.9 Å². The van der Waals surface area contributed by atoms with Gasteiger partial charge in [0.15, 0.2) is 0 Å². The Morgan fingerprint density at radius 1 is 1.07 bits per heavy atom. The first-order valence-electron chi connectivity index (χ1n) is 10.4. The normalized spacial score (nSPS) is 21.4. The molecular formula is C21H26N6O. The van der Waals surface area contributed by atoms with E-state index in [1.54, 1.807) is 6.20 Å². The molecule has 4 heterocycles. The second kappa shape index (κ2) is 7.83. The highest BCUT2D eigenvalue weighted by molar-refractivity contribution is 5.47. The molecule has 0 aromatic carbocycles. The standard InChI is InChI=1S/C21H26N6O/c1-2-7-16(8-3-1)27-15-22-13-17(27)14-26-12-6-10-19(26)21-24-20(25-28-21)18-9-4-5-11-23-18/h4-5,9,11,13,15-16,19H,1-3,6-8,10,12,14H2/t19-/m1/s1. The van der Waals surface area contributed by atoms with Gasteiger partial charge in [-0.3, -0.25) is 9.88 Å². The number of pyridine rings is 1. The lowest BCUT2D eigenvalue weighted by atomic mass is 9.95. The van der Waals surface area contributed by atoms with E-state index in [-0.39, 0.29) is 6.04 Å². The van der Waals surface area contributed by atoms with Crippen LogP contribution in [0.25, 0.3) is 11.5 Å². The number of aromatic nitrogens is 5. The summed E-state index contributed by atoms with van der Waals surface area (Å²) in [4.78, 5) is 15.9. The Balaban J connectivity index is 1.33. The van der Waals surface area contributed by atoms with Crippen molar-refractivity contribution in [1.82, 2.24) is 29.6 Å². The van der Waals surface area contributed by atoms with Gasteiger partial charge in [0, 0.05) is 25.0 Å². The first-order chi connectivity index (χ1) is 13.9. The average molecular weight is 378 g/mol. The van der Waals surface area contributed by atoms with Crippen molar-refractivity contribution < 1.29 is 4.52 Å². The van der Waals surface area contributed by atoms with Crippen molar-refractivity contribution in [2.24, 2.45) is 0 Å². The molecule has 2 fully saturated rings. The van der Waals surface area contributed by atoms with Crippen molar-refractivity contribution in [3.8, 4) is 11.5 Å². The number of likely N-dealkylation sites (tertiary alicyclic amines) is 1. The smallest absolute Gasteiger partial charge is 0.244 e. The minimum absolute atomic E-state index is 0.166. The zero-order valence-electron chi connectivity index (χ0n) is 16.1. The zero-order valence-corrected chi connectivity index (χ0v) is 16.1. The van der Waals surface area contributed by atoms with Crippen molar-refractivity contribution in [3.63, 3.8) is 0 Å². The van der Waals surface area contributed by atoms with Crippen LogP contribution in [0.2, 0.25) is 0 Å². The summed E-state index contributed by atoms with van der Waals surface area (Å²) >= 11 is 0. The number of nitrogens with zero attached hydrogens (tertiary/aromatic N) is 6. The Hall–Kier alpha value is -2.54. The van der Waals surface area contributed by atoms with Gasteiger partial charge < -0.3 is 9.09 Å². The van der Waals surface area contributed by atoms with E-state index in [1.165, 1.54) is 37.8 Å². The van der Waals surface area contributed by atoms with Crippen molar-refractivity contribution in [2.75, 3.05) is 6.54 Å². The lowest BCUT2D eigenvalue weighted by molar-refractivity contribution is 0.194. The molecule has 3 aromatic heterocycles. The zero-order chi connectivity index (χ0) is 18.8. The van der Waals surface area contributed by atoms with Crippen LogP contribution >= 0.6 is 0 Å². The number of hydrogen-bond acceptors (Lipinski definition) is 6. The summed E-state index contributed by atoms with van der Waals surface area (Å²) in [5, 5.41) is 4.16. The third-order valence-electron chi connectivity index (χ3n) is 6.06. The molecular weight excluding hydrogens is 352 g/mol. The Bertz CT molecular complexity index is 899. The third kappa shape index (κ3) is 3.46. The largest absolute Gasteiger partial charge is 0.337 e. The van der Waals surface area contributed by atoms with Gasteiger partial charge in [-0.25, -0.2) is 4.98 Å². The number of rotatable bonds is 5. The van der Waals surface area contributed by atoms with E-state index in [9.17, 15) is 0 Å². The summed E-state index contributed by atoms with van der Waals surface area (Å²) in [6.45, 7) is 1.92. The van der Waals surface area contributed by atoms with E-state index < -0.39 is 0 Å². The Kier molecular flexibility index (Phi) is 4.91. The van der Waals surface area contributed by atoms with Crippen LogP contribution in [0.4, 0.5) is 0 Å². The quantitative estimate of drug-likeness (QED) is 0.663. The summed E-state index contributed by atoms with van der Waals surface area (Å²) in [6, 6.07) is 6.50. The lowest BCUT2D eigenvalue weighted by Gasteiger charge is -2.27. The van der Waals surface area contributed by atoms with Crippen molar-refractivity contribution in [2.45, 2.75) is 63.6 Å². The molecule has 3 aromatic rings. The van der Waals surface area contributed by atoms with E-state index >= 15 is 0 Å². The molecule has 7 nitrogen and oxygen atoms in total. The molecule has 0 N–H and O–H groups in total. The van der Waals surface area contributed by atoms with Crippen molar-refractivity contribution >= 4 is 0 Å². The molecule has 0 bridgehead atoms. The maximum Gasteiger partial charge on any atom is 0.244 e. The SMILES string of the molecule is c1ccc(-c2noc([C@H]3CCCN3Cc3cncn3C3CCCCC3)n2)nc1. The summed E-state index contributed by atoms with van der Waals surface area (Å²) in [5.74, 6) is 1.26. The number of hydrogen-bond donors (Lipinski definition) is 0. The molecule has 28 heavy (non-hydrogen) atoms. The fraction of sp³-hybridized carbons (Fsp3) is 0.524. The van der Waals surface area contributed by atoms with Gasteiger partial charge in [0.1, 0.15) is 5.69 Å². The Morgan fingerprint density at radius 2 is 2.00 bits per heavy atom. The van der Waals surface area contributed by atoms with Gasteiger partial charge in [-0.15, -0.1) is 0 Å². The van der Waals surface area contributed by atoms with E-state index in [2.05, 4.69) is 29.6 Å². The van der Waals surface area contributed by atoms with Gasteiger partial charge in [0.2, 0.25) is 11.7 Å². The van der Waals surface area contributed by atoms with Gasteiger partial charge >= 0.3 is 0 Å². The molecule has 1 aliphatic carbocycles. The molecule has 1 saturated carbocycles. The van der Waals surface area contributed by atoms with Gasteiger partial charge in [0.05, 0.1) is 18.1 Å². The summed E-state index contributed by atoms with van der Waals surface area (Å²) in [5.41, 5.74) is 2.04. The Labute approximate surface area is 164 Å². The molecule has 5 rings (SSSR count). The summed E-state index contributed by atoms with van der Waals surface area (Å²) < 4.78 is 8.04. The van der Waals surface area contributed by atoms with E-state index in [0.29, 0.717) is 17.8 Å². The van der Waals surface area contributed by atoms with Crippen LogP contribution < -0.4 is 0 Å². The molecule has 7 heteroatoms. The molecule has 0 radical (unpaired) electrons. The maximum absolute atomic E-state index is 5.63. The molecule has 0 spiro atoms. The van der Waals surface area contributed by atoms with Gasteiger partial charge in [0.25, 0.3) is 0 Å². The van der Waals surface area contributed by atoms with Crippen LogP contribution in [0.15, 0.2) is 41.4 Å². The molecule has 1 aliphatic heterocycles. The number of imidazole rings is 1. The summed E-state index contributed by atoms with van der Waals surface area (Å²) in [6.07, 6.45) is 14.5. The summed E-state index contributed by atoms with van der Waals surface area (Å²) in [7, 11) is 0. The fourth-order valence-corrected chi connectivity index (χ4v) is 4.62. The van der Waals surface area contributed by atoms with Crippen LogP contribution in [-0.2, 0) is 6.54 Å². The van der Waals surface area contributed by atoms with Gasteiger partial charge in [-0.1, -0.05) is 30.5 Å². The fourth-order valence-electron chi connectivity index (χ4n) is 4.62. The van der Waals surface area contributed by atoms with Crippen molar-refractivity contribution in [1.29, 1.82) is 0 Å². The predicted molar refractivity (Wildman–Crippen MR) is 104 cm³/mol. The molecule has 2 aliphatic rings. The average Bonchev–Trinajstić information content (AvgIpc) is 3.50. The molecule has 1 saturated heterocycles. The second-order valence-electron chi connectivity index (χ2n) is 7.88. The molecule has 0 amide bonds. The molecule has 1 atom stereocenters. The Morgan fingerprint density at radius 3 is 2.86 bits per heavy atom. The van der Waals surface area contributed by atoms with Gasteiger partial charge in [-0.05, 0) is 44.4 Å². The highest BCUT2D eigenvalue weighted by Gasteiger charge is 2.32.